The molecule has 0 aromatic carbocycles. The van der Waals surface area contributed by atoms with Crippen LogP contribution in [0, 0.1) is 5.41 Å². The lowest BCUT2D eigenvalue weighted by Crippen LogP contribution is -2.49. The summed E-state index contributed by atoms with van der Waals surface area (Å²) in [4.78, 5) is 12.5. The zero-order chi connectivity index (χ0) is 19.0. The van der Waals surface area contributed by atoms with Gasteiger partial charge in [0.05, 0.1) is 18.1 Å². The Morgan fingerprint density at radius 1 is 1.16 bits per heavy atom. The maximum absolute atomic E-state index is 12.5. The van der Waals surface area contributed by atoms with Gasteiger partial charge in [0.1, 0.15) is 12.2 Å². The highest BCUT2D eigenvalue weighted by atomic mass is 16.8. The first-order valence-electron chi connectivity index (χ1n) is 8.84. The van der Waals surface area contributed by atoms with E-state index in [-0.39, 0.29) is 12.6 Å². The fourth-order valence-corrected chi connectivity index (χ4v) is 3.02. The summed E-state index contributed by atoms with van der Waals surface area (Å²) in [6, 6.07) is 0. The molecular formula is C18H32O7. The first-order valence-corrected chi connectivity index (χ1v) is 8.84. The van der Waals surface area contributed by atoms with Crippen molar-refractivity contribution in [3.8, 4) is 0 Å². The zero-order valence-corrected chi connectivity index (χ0v) is 16.3. The third-order valence-electron chi connectivity index (χ3n) is 4.21. The van der Waals surface area contributed by atoms with Gasteiger partial charge in [-0.25, -0.2) is 0 Å². The first kappa shape index (κ1) is 20.6. The van der Waals surface area contributed by atoms with Crippen LogP contribution in [0.2, 0.25) is 0 Å². The normalized spacial score (nSPS) is 32.6. The molecule has 2 aliphatic heterocycles. The highest BCUT2D eigenvalue weighted by molar-refractivity contribution is 5.75. The zero-order valence-electron chi connectivity index (χ0n) is 16.3. The van der Waals surface area contributed by atoms with E-state index in [0.29, 0.717) is 13.0 Å². The van der Waals surface area contributed by atoms with E-state index in [2.05, 4.69) is 0 Å². The number of carbonyl (C=O) groups excluding carboxylic acids is 1. The predicted molar refractivity (Wildman–Crippen MR) is 89.8 cm³/mol. The van der Waals surface area contributed by atoms with Gasteiger partial charge in [0.2, 0.25) is 0 Å². The second-order valence-electron chi connectivity index (χ2n) is 8.64. The fraction of sp³-hybridized carbons (Fsp3) is 0.944. The molecule has 0 unspecified atom stereocenters. The van der Waals surface area contributed by atoms with E-state index in [0.717, 1.165) is 0 Å². The molecule has 0 spiro atoms. The van der Waals surface area contributed by atoms with Crippen LogP contribution in [0.25, 0.3) is 0 Å². The highest BCUT2D eigenvalue weighted by Gasteiger charge is 2.52. The Balaban J connectivity index is 2.25. The quantitative estimate of drug-likeness (QED) is 0.751. The van der Waals surface area contributed by atoms with Crippen molar-refractivity contribution < 1.29 is 33.6 Å². The van der Waals surface area contributed by atoms with Gasteiger partial charge in [0, 0.05) is 6.61 Å². The average molecular weight is 360 g/mol. The van der Waals surface area contributed by atoms with Gasteiger partial charge in [-0.2, -0.15) is 0 Å². The molecule has 7 heteroatoms. The third-order valence-corrected chi connectivity index (χ3v) is 4.21. The number of hydrogen-bond donors (Lipinski definition) is 1. The monoisotopic (exact) mass is 360 g/mol. The molecule has 0 aromatic heterocycles. The minimum atomic E-state index is -0.828. The highest BCUT2D eigenvalue weighted by Crippen LogP contribution is 2.37. The number of hydrogen-bond acceptors (Lipinski definition) is 7. The van der Waals surface area contributed by atoms with E-state index in [4.69, 9.17) is 23.7 Å². The minimum Gasteiger partial charge on any atom is -0.456 e. The molecular weight excluding hydrogens is 328 g/mol. The second kappa shape index (κ2) is 7.12. The van der Waals surface area contributed by atoms with Gasteiger partial charge in [-0.3, -0.25) is 4.79 Å². The summed E-state index contributed by atoms with van der Waals surface area (Å²) in [6.45, 7) is 12.9. The van der Waals surface area contributed by atoms with Crippen molar-refractivity contribution in [2.45, 2.75) is 90.9 Å². The van der Waals surface area contributed by atoms with Crippen LogP contribution in [0.1, 0.15) is 54.9 Å². The van der Waals surface area contributed by atoms with Crippen molar-refractivity contribution in [3.63, 3.8) is 0 Å². The average Bonchev–Trinajstić information content (AvgIpc) is 2.94. The van der Waals surface area contributed by atoms with Crippen molar-refractivity contribution in [1.29, 1.82) is 0 Å². The SMILES string of the molecule is CC1(C)OC[C@H]([C@@H](OC(=O)C(C)(C)C)[C@@H]2OC(C)(C)O[C@@H]2CCO)O1. The maximum Gasteiger partial charge on any atom is 0.311 e. The topological polar surface area (TPSA) is 83.5 Å². The van der Waals surface area contributed by atoms with Gasteiger partial charge in [0.25, 0.3) is 0 Å². The van der Waals surface area contributed by atoms with Gasteiger partial charge in [-0.15, -0.1) is 0 Å². The lowest BCUT2D eigenvalue weighted by Gasteiger charge is -2.32. The molecule has 25 heavy (non-hydrogen) atoms. The number of carbonyl (C=O) groups is 1. The summed E-state index contributed by atoms with van der Waals surface area (Å²) in [7, 11) is 0. The molecule has 0 amide bonds. The number of rotatable bonds is 5. The van der Waals surface area contributed by atoms with Crippen LogP contribution < -0.4 is 0 Å². The summed E-state index contributed by atoms with van der Waals surface area (Å²) in [6.07, 6.45) is -1.72. The Labute approximate surface area is 149 Å². The number of esters is 1. The number of aliphatic hydroxyl groups is 1. The van der Waals surface area contributed by atoms with Gasteiger partial charge in [-0.05, 0) is 54.9 Å². The van der Waals surface area contributed by atoms with Gasteiger partial charge in [-0.1, -0.05) is 0 Å². The van der Waals surface area contributed by atoms with E-state index in [1.807, 2.05) is 13.8 Å². The van der Waals surface area contributed by atoms with Crippen LogP contribution in [-0.4, -0.2) is 60.3 Å². The molecule has 2 aliphatic rings. The Morgan fingerprint density at radius 3 is 2.28 bits per heavy atom. The molecule has 2 fully saturated rings. The molecule has 0 aliphatic carbocycles. The molecule has 2 rings (SSSR count). The van der Waals surface area contributed by atoms with Crippen molar-refractivity contribution >= 4 is 5.97 Å². The predicted octanol–water partition coefficient (Wildman–Crippen LogP) is 2.00. The Hall–Kier alpha value is -0.730. The van der Waals surface area contributed by atoms with Gasteiger partial charge in [0.15, 0.2) is 17.7 Å². The summed E-state index contributed by atoms with van der Waals surface area (Å²) in [5.41, 5.74) is -0.658. The molecule has 2 heterocycles. The Kier molecular flexibility index (Phi) is 5.86. The standard InChI is InChI=1S/C18H32O7/c1-16(2,3)15(20)22-13(12-10-21-17(4,5)24-12)14-11(8-9-19)23-18(6,7)25-14/h11-14,19H,8-10H2,1-7H3/t11-,12-,13-,14-/m1/s1. The van der Waals surface area contributed by atoms with Crippen LogP contribution in [0.15, 0.2) is 0 Å². The molecule has 7 nitrogen and oxygen atoms in total. The van der Waals surface area contributed by atoms with Crippen LogP contribution in [0.3, 0.4) is 0 Å². The largest absolute Gasteiger partial charge is 0.456 e. The fourth-order valence-electron chi connectivity index (χ4n) is 3.02. The van der Waals surface area contributed by atoms with Crippen molar-refractivity contribution in [1.82, 2.24) is 0 Å². The first-order chi connectivity index (χ1) is 11.3. The number of aliphatic hydroxyl groups excluding tert-OH is 1. The lowest BCUT2D eigenvalue weighted by atomic mass is 9.96. The summed E-state index contributed by atoms with van der Waals surface area (Å²) in [5, 5.41) is 9.36. The van der Waals surface area contributed by atoms with Crippen molar-refractivity contribution in [2.75, 3.05) is 13.2 Å². The van der Waals surface area contributed by atoms with Crippen molar-refractivity contribution in [2.24, 2.45) is 5.41 Å². The van der Waals surface area contributed by atoms with E-state index in [9.17, 15) is 9.90 Å². The molecule has 0 aromatic rings. The summed E-state index contributed by atoms with van der Waals surface area (Å²) >= 11 is 0. The van der Waals surface area contributed by atoms with Gasteiger partial charge >= 0.3 is 5.97 Å². The van der Waals surface area contributed by atoms with E-state index in [1.165, 1.54) is 0 Å². The van der Waals surface area contributed by atoms with E-state index in [1.54, 1.807) is 34.6 Å². The third kappa shape index (κ3) is 5.14. The molecule has 1 N–H and O–H groups in total. The summed E-state index contributed by atoms with van der Waals surface area (Å²) in [5.74, 6) is -1.92. The van der Waals surface area contributed by atoms with Crippen LogP contribution >= 0.6 is 0 Å². The van der Waals surface area contributed by atoms with Crippen LogP contribution in [0.4, 0.5) is 0 Å². The lowest BCUT2D eigenvalue weighted by molar-refractivity contribution is -0.199. The van der Waals surface area contributed by atoms with Gasteiger partial charge < -0.3 is 28.8 Å². The Bertz CT molecular complexity index is 480. The molecule has 146 valence electrons. The van der Waals surface area contributed by atoms with E-state index >= 15 is 0 Å². The second-order valence-corrected chi connectivity index (χ2v) is 8.64. The maximum atomic E-state index is 12.5. The van der Waals surface area contributed by atoms with Crippen molar-refractivity contribution in [3.05, 3.63) is 0 Å². The van der Waals surface area contributed by atoms with E-state index < -0.39 is 41.4 Å². The Morgan fingerprint density at radius 2 is 1.80 bits per heavy atom. The molecule has 2 saturated heterocycles. The minimum absolute atomic E-state index is 0.0476. The molecule has 0 saturated carbocycles. The van der Waals surface area contributed by atoms with Crippen LogP contribution in [-0.2, 0) is 28.5 Å². The van der Waals surface area contributed by atoms with Crippen LogP contribution in [0.5, 0.6) is 0 Å². The molecule has 0 radical (unpaired) electrons. The molecule has 4 atom stereocenters. The molecule has 0 bridgehead atoms. The summed E-state index contributed by atoms with van der Waals surface area (Å²) < 4.78 is 29.3. The number of ether oxygens (including phenoxy) is 5. The smallest absolute Gasteiger partial charge is 0.311 e.